The molecule has 9 rings (SSSR count). The topological polar surface area (TPSA) is 67.4 Å². The second-order valence-corrected chi connectivity index (χ2v) is 13.1. The number of hydrogen-bond donors (Lipinski definition) is 0. The van der Waals surface area contributed by atoms with Crippen molar-refractivity contribution in [3.8, 4) is 68.2 Å². The number of alkyl halides is 3. The zero-order chi connectivity index (χ0) is 37.5. The van der Waals surface area contributed by atoms with Gasteiger partial charge < -0.3 is 4.57 Å². The van der Waals surface area contributed by atoms with Gasteiger partial charge >= 0.3 is 6.18 Å². The van der Waals surface area contributed by atoms with Crippen LogP contribution < -0.4 is 0 Å². The van der Waals surface area contributed by atoms with Gasteiger partial charge in [-0.2, -0.15) is 18.4 Å². The van der Waals surface area contributed by atoms with Gasteiger partial charge in [0.1, 0.15) is 0 Å². The maximum Gasteiger partial charge on any atom is 0.416 e. The first-order valence-corrected chi connectivity index (χ1v) is 17.6. The summed E-state index contributed by atoms with van der Waals surface area (Å²) in [7, 11) is 0. The molecule has 8 heteroatoms. The number of aromatic nitrogens is 4. The third kappa shape index (κ3) is 6.28. The molecule has 7 aromatic carbocycles. The summed E-state index contributed by atoms with van der Waals surface area (Å²) >= 11 is 0. The third-order valence-electron chi connectivity index (χ3n) is 9.74. The van der Waals surface area contributed by atoms with E-state index < -0.39 is 11.7 Å². The van der Waals surface area contributed by atoms with Gasteiger partial charge in [0.25, 0.3) is 0 Å². The van der Waals surface area contributed by atoms with Gasteiger partial charge in [0.05, 0.1) is 28.2 Å². The normalized spacial score (nSPS) is 11.5. The van der Waals surface area contributed by atoms with Gasteiger partial charge in [0.15, 0.2) is 17.5 Å². The van der Waals surface area contributed by atoms with Crippen LogP contribution in [0.4, 0.5) is 13.2 Å². The Bertz CT molecular complexity index is 2840. The van der Waals surface area contributed by atoms with E-state index in [1.54, 1.807) is 0 Å². The lowest BCUT2D eigenvalue weighted by Crippen LogP contribution is -2.04. The number of rotatable bonds is 6. The molecule has 0 amide bonds. The number of nitrogens with zero attached hydrogens (tertiary/aromatic N) is 5. The van der Waals surface area contributed by atoms with Gasteiger partial charge in [-0.15, -0.1) is 0 Å². The maximum absolute atomic E-state index is 13.8. The van der Waals surface area contributed by atoms with E-state index in [1.165, 1.54) is 12.1 Å². The van der Waals surface area contributed by atoms with Gasteiger partial charge in [-0.3, -0.25) is 0 Å². The molecular weight excluding hydrogens is 692 g/mol. The SMILES string of the molecule is N#Cc1ccc(-c2ccc3c(c2)c2ccccc2n3-c2ccc(-c3nc(-c4ccccc4)nc(-c4ccccc4)n3)c(-c3ccc(C(F)(F)F)cc3)c2)cc1. The Morgan fingerprint density at radius 3 is 1.65 bits per heavy atom. The summed E-state index contributed by atoms with van der Waals surface area (Å²) in [6, 6.07) is 54.5. The monoisotopic (exact) mass is 719 g/mol. The number of para-hydroxylation sites is 1. The molecule has 0 saturated carbocycles. The first kappa shape index (κ1) is 33.5. The average molecular weight is 720 g/mol. The highest BCUT2D eigenvalue weighted by Crippen LogP contribution is 2.40. The summed E-state index contributed by atoms with van der Waals surface area (Å²) in [5.41, 5.74) is 8.12. The van der Waals surface area contributed by atoms with Crippen LogP contribution in [0.15, 0.2) is 170 Å². The first-order valence-electron chi connectivity index (χ1n) is 17.6. The number of nitriles is 1. The summed E-state index contributed by atoms with van der Waals surface area (Å²) in [6.07, 6.45) is -4.48. The lowest BCUT2D eigenvalue weighted by Gasteiger charge is -2.16. The highest BCUT2D eigenvalue weighted by Gasteiger charge is 2.30. The van der Waals surface area contributed by atoms with E-state index in [1.807, 2.05) is 115 Å². The molecule has 0 unspecified atom stereocenters. The molecule has 0 saturated heterocycles. The van der Waals surface area contributed by atoms with E-state index in [2.05, 4.69) is 41.0 Å². The van der Waals surface area contributed by atoms with E-state index in [0.29, 0.717) is 39.7 Å². The van der Waals surface area contributed by atoms with Crippen LogP contribution in [0.3, 0.4) is 0 Å². The Morgan fingerprint density at radius 1 is 0.455 bits per heavy atom. The smallest absolute Gasteiger partial charge is 0.309 e. The van der Waals surface area contributed by atoms with Crippen LogP contribution in [0.25, 0.3) is 83.9 Å². The number of hydrogen-bond acceptors (Lipinski definition) is 4. The van der Waals surface area contributed by atoms with Crippen LogP contribution >= 0.6 is 0 Å². The Morgan fingerprint density at radius 2 is 1.02 bits per heavy atom. The van der Waals surface area contributed by atoms with Crippen molar-refractivity contribution in [2.45, 2.75) is 6.18 Å². The highest BCUT2D eigenvalue weighted by molar-refractivity contribution is 6.10. The Kier molecular flexibility index (Phi) is 8.25. The first-order chi connectivity index (χ1) is 26.8. The molecule has 0 atom stereocenters. The zero-order valence-electron chi connectivity index (χ0n) is 29.0. The van der Waals surface area contributed by atoms with Crippen molar-refractivity contribution in [3.63, 3.8) is 0 Å². The molecule has 0 spiro atoms. The minimum Gasteiger partial charge on any atom is -0.309 e. The molecule has 262 valence electrons. The average Bonchev–Trinajstić information content (AvgIpc) is 3.57. The molecule has 2 heterocycles. The van der Waals surface area contributed by atoms with E-state index in [9.17, 15) is 18.4 Å². The predicted molar refractivity (Wildman–Crippen MR) is 211 cm³/mol. The van der Waals surface area contributed by atoms with Gasteiger partial charge in [0.2, 0.25) is 0 Å². The van der Waals surface area contributed by atoms with Crippen molar-refractivity contribution < 1.29 is 13.2 Å². The van der Waals surface area contributed by atoms with Crippen LogP contribution in [0.2, 0.25) is 0 Å². The number of halogens is 3. The molecule has 5 nitrogen and oxygen atoms in total. The van der Waals surface area contributed by atoms with Gasteiger partial charge in [-0.25, -0.2) is 15.0 Å². The second kappa shape index (κ2) is 13.6. The molecule has 2 aromatic heterocycles. The van der Waals surface area contributed by atoms with Crippen LogP contribution in [0.1, 0.15) is 11.1 Å². The van der Waals surface area contributed by atoms with E-state index in [0.717, 1.165) is 61.9 Å². The molecule has 0 aliphatic carbocycles. The lowest BCUT2D eigenvalue weighted by atomic mass is 9.97. The standard InChI is InChI=1S/C47H28F3N5/c48-47(49,50)36-22-19-32(20-23-36)40-28-37(24-25-39(40)46-53-44(33-9-3-1-4-10-33)52-45(54-46)34-11-5-2-6-12-34)55-42-14-8-7-13-38(42)41-27-35(21-26-43(41)55)31-17-15-30(29-51)16-18-31/h1-28H. The minimum atomic E-state index is -4.48. The molecular formula is C47H28F3N5. The van der Waals surface area contributed by atoms with E-state index in [4.69, 9.17) is 15.0 Å². The summed E-state index contributed by atoms with van der Waals surface area (Å²) in [5, 5.41) is 11.4. The zero-order valence-corrected chi connectivity index (χ0v) is 29.0. The fraction of sp³-hybridized carbons (Fsp3) is 0.0213. The lowest BCUT2D eigenvalue weighted by molar-refractivity contribution is -0.137. The molecule has 0 aliphatic rings. The second-order valence-electron chi connectivity index (χ2n) is 13.1. The number of benzene rings is 7. The fourth-order valence-corrected chi connectivity index (χ4v) is 7.04. The molecule has 9 aromatic rings. The van der Waals surface area contributed by atoms with Crippen molar-refractivity contribution >= 4 is 21.8 Å². The summed E-state index contributed by atoms with van der Waals surface area (Å²) in [6.45, 7) is 0. The van der Waals surface area contributed by atoms with Crippen molar-refractivity contribution in [2.75, 3.05) is 0 Å². The maximum atomic E-state index is 13.8. The molecule has 0 aliphatic heterocycles. The van der Waals surface area contributed by atoms with Gasteiger partial charge in [-0.1, -0.05) is 109 Å². The van der Waals surface area contributed by atoms with E-state index in [-0.39, 0.29) is 0 Å². The van der Waals surface area contributed by atoms with Crippen LogP contribution in [0, 0.1) is 11.3 Å². The summed E-state index contributed by atoms with van der Waals surface area (Å²) < 4.78 is 43.4. The molecule has 0 radical (unpaired) electrons. The van der Waals surface area contributed by atoms with Gasteiger partial charge in [0, 0.05) is 33.2 Å². The van der Waals surface area contributed by atoms with Gasteiger partial charge in [-0.05, 0) is 82.9 Å². The van der Waals surface area contributed by atoms with Crippen molar-refractivity contribution in [1.82, 2.24) is 19.5 Å². The largest absolute Gasteiger partial charge is 0.416 e. The van der Waals surface area contributed by atoms with Crippen molar-refractivity contribution in [2.24, 2.45) is 0 Å². The molecule has 55 heavy (non-hydrogen) atoms. The molecule has 0 fully saturated rings. The Labute approximate surface area is 314 Å². The van der Waals surface area contributed by atoms with Crippen LogP contribution in [-0.4, -0.2) is 19.5 Å². The molecule has 0 N–H and O–H groups in total. The quantitative estimate of drug-likeness (QED) is 0.172. The summed E-state index contributed by atoms with van der Waals surface area (Å²) in [4.78, 5) is 14.8. The van der Waals surface area contributed by atoms with Crippen LogP contribution in [0.5, 0.6) is 0 Å². The summed E-state index contributed by atoms with van der Waals surface area (Å²) in [5.74, 6) is 1.35. The number of fused-ring (bicyclic) bond motifs is 3. The third-order valence-corrected chi connectivity index (χ3v) is 9.74. The Hall–Kier alpha value is -7.37. The van der Waals surface area contributed by atoms with E-state index >= 15 is 0 Å². The Balaban J connectivity index is 1.27. The highest BCUT2D eigenvalue weighted by atomic mass is 19.4. The van der Waals surface area contributed by atoms with Crippen molar-refractivity contribution in [1.29, 1.82) is 5.26 Å². The molecule has 0 bridgehead atoms. The van der Waals surface area contributed by atoms with Crippen molar-refractivity contribution in [3.05, 3.63) is 181 Å². The van der Waals surface area contributed by atoms with Crippen LogP contribution in [-0.2, 0) is 6.18 Å². The predicted octanol–water partition coefficient (Wildman–Crippen LogP) is 12.2. The fourth-order valence-electron chi connectivity index (χ4n) is 7.04. The minimum absolute atomic E-state index is 0.392.